The molecule has 0 aliphatic carbocycles. The third-order valence-electron chi connectivity index (χ3n) is 3.35. The second-order valence-electron chi connectivity index (χ2n) is 6.28. The molecule has 1 N–H and O–H groups in total. The summed E-state index contributed by atoms with van der Waals surface area (Å²) < 4.78 is 0. The van der Waals surface area contributed by atoms with Gasteiger partial charge < -0.3 is 5.32 Å². The van der Waals surface area contributed by atoms with Gasteiger partial charge in [0.05, 0.1) is 0 Å². The van der Waals surface area contributed by atoms with E-state index in [4.69, 9.17) is 0 Å². The van der Waals surface area contributed by atoms with Crippen molar-refractivity contribution in [2.24, 2.45) is 11.8 Å². The average Bonchev–Trinajstić information content (AvgIpc) is 2.16. The molecule has 0 amide bonds. The first-order valence-corrected chi connectivity index (χ1v) is 6.96. The van der Waals surface area contributed by atoms with E-state index in [9.17, 15) is 0 Å². The molecule has 1 fully saturated rings. The van der Waals surface area contributed by atoms with Crippen LogP contribution in [-0.2, 0) is 0 Å². The van der Waals surface area contributed by atoms with Crippen molar-refractivity contribution in [1.29, 1.82) is 0 Å². The van der Waals surface area contributed by atoms with Crippen molar-refractivity contribution in [2.45, 2.75) is 59.5 Å². The second kappa shape index (κ2) is 6.61. The van der Waals surface area contributed by atoms with Gasteiger partial charge in [-0.25, -0.2) is 0 Å². The standard InChI is InChI=1S/C14H30N2/c1-11(2)9-16(10-12(3)4)14-7-6-13(5)15-8-14/h11-15H,6-10H2,1-5H3. The third-order valence-corrected chi connectivity index (χ3v) is 3.35. The molecular formula is C14H30N2. The first-order valence-electron chi connectivity index (χ1n) is 6.96. The minimum Gasteiger partial charge on any atom is -0.313 e. The van der Waals surface area contributed by atoms with Gasteiger partial charge in [0, 0.05) is 31.7 Å². The Kier molecular flexibility index (Phi) is 5.77. The molecule has 2 heteroatoms. The predicted octanol–water partition coefficient (Wildman–Crippen LogP) is 2.74. The van der Waals surface area contributed by atoms with Gasteiger partial charge >= 0.3 is 0 Å². The van der Waals surface area contributed by atoms with Crippen LogP contribution in [0.1, 0.15) is 47.5 Å². The van der Waals surface area contributed by atoms with Gasteiger partial charge in [0.15, 0.2) is 0 Å². The Bertz CT molecular complexity index is 171. The van der Waals surface area contributed by atoms with Crippen molar-refractivity contribution >= 4 is 0 Å². The molecule has 0 aromatic carbocycles. The molecule has 16 heavy (non-hydrogen) atoms. The van der Waals surface area contributed by atoms with E-state index in [0.29, 0.717) is 0 Å². The van der Waals surface area contributed by atoms with Gasteiger partial charge in [-0.2, -0.15) is 0 Å². The van der Waals surface area contributed by atoms with Gasteiger partial charge in [0.2, 0.25) is 0 Å². The van der Waals surface area contributed by atoms with Crippen molar-refractivity contribution < 1.29 is 0 Å². The van der Waals surface area contributed by atoms with Crippen LogP contribution in [-0.4, -0.2) is 36.6 Å². The van der Waals surface area contributed by atoms with Crippen LogP contribution >= 0.6 is 0 Å². The zero-order chi connectivity index (χ0) is 12.1. The van der Waals surface area contributed by atoms with Crippen LogP contribution in [0, 0.1) is 11.8 Å². The van der Waals surface area contributed by atoms with E-state index in [1.54, 1.807) is 0 Å². The highest BCUT2D eigenvalue weighted by Crippen LogP contribution is 2.16. The summed E-state index contributed by atoms with van der Waals surface area (Å²) in [5.41, 5.74) is 0. The summed E-state index contributed by atoms with van der Waals surface area (Å²) in [6, 6.07) is 1.48. The lowest BCUT2D eigenvalue weighted by Gasteiger charge is -2.38. The first kappa shape index (κ1) is 14.0. The Labute approximate surface area is 102 Å². The maximum atomic E-state index is 3.62. The molecule has 0 radical (unpaired) electrons. The van der Waals surface area contributed by atoms with Crippen LogP contribution in [0.3, 0.4) is 0 Å². The smallest absolute Gasteiger partial charge is 0.0221 e. The molecule has 0 bridgehead atoms. The normalized spacial score (nSPS) is 27.0. The molecule has 1 rings (SSSR count). The fourth-order valence-corrected chi connectivity index (χ4v) is 2.61. The Morgan fingerprint density at radius 1 is 1.06 bits per heavy atom. The lowest BCUT2D eigenvalue weighted by atomic mass is 9.98. The molecule has 1 heterocycles. The van der Waals surface area contributed by atoms with Crippen LogP contribution in [0.2, 0.25) is 0 Å². The van der Waals surface area contributed by atoms with Gasteiger partial charge in [-0.15, -0.1) is 0 Å². The SMILES string of the molecule is CC(C)CN(CC(C)C)C1CCC(C)NC1. The number of hydrogen-bond acceptors (Lipinski definition) is 2. The first-order chi connectivity index (χ1) is 7.49. The minimum absolute atomic E-state index is 0.719. The van der Waals surface area contributed by atoms with Crippen molar-refractivity contribution in [3.8, 4) is 0 Å². The van der Waals surface area contributed by atoms with E-state index < -0.39 is 0 Å². The van der Waals surface area contributed by atoms with Gasteiger partial charge in [-0.3, -0.25) is 4.90 Å². The van der Waals surface area contributed by atoms with Crippen molar-refractivity contribution in [2.75, 3.05) is 19.6 Å². The van der Waals surface area contributed by atoms with Gasteiger partial charge in [-0.1, -0.05) is 27.7 Å². The molecule has 0 saturated carbocycles. The van der Waals surface area contributed by atoms with Crippen LogP contribution in [0.15, 0.2) is 0 Å². The molecule has 1 aliphatic heterocycles. The minimum atomic E-state index is 0.719. The second-order valence-corrected chi connectivity index (χ2v) is 6.28. The van der Waals surface area contributed by atoms with Gasteiger partial charge in [0.25, 0.3) is 0 Å². The summed E-state index contributed by atoms with van der Waals surface area (Å²) in [5, 5.41) is 3.62. The number of hydrogen-bond donors (Lipinski definition) is 1. The number of piperidine rings is 1. The van der Waals surface area contributed by atoms with E-state index in [0.717, 1.165) is 23.9 Å². The average molecular weight is 226 g/mol. The highest BCUT2D eigenvalue weighted by atomic mass is 15.2. The summed E-state index contributed by atoms with van der Waals surface area (Å²) in [6.07, 6.45) is 2.70. The largest absolute Gasteiger partial charge is 0.313 e. The highest BCUT2D eigenvalue weighted by Gasteiger charge is 2.24. The lowest BCUT2D eigenvalue weighted by molar-refractivity contribution is 0.124. The van der Waals surface area contributed by atoms with Gasteiger partial charge in [0.1, 0.15) is 0 Å². The van der Waals surface area contributed by atoms with Crippen molar-refractivity contribution in [3.05, 3.63) is 0 Å². The monoisotopic (exact) mass is 226 g/mol. The Hall–Kier alpha value is -0.0800. The zero-order valence-electron chi connectivity index (χ0n) is 11.8. The molecule has 0 spiro atoms. The lowest BCUT2D eigenvalue weighted by Crippen LogP contribution is -2.50. The van der Waals surface area contributed by atoms with E-state index in [1.807, 2.05) is 0 Å². The van der Waals surface area contributed by atoms with Crippen LogP contribution < -0.4 is 5.32 Å². The van der Waals surface area contributed by atoms with E-state index in [1.165, 1.54) is 32.5 Å². The summed E-state index contributed by atoms with van der Waals surface area (Å²) in [6.45, 7) is 15.3. The number of rotatable bonds is 5. The Morgan fingerprint density at radius 2 is 1.62 bits per heavy atom. The number of nitrogens with one attached hydrogen (secondary N) is 1. The fraction of sp³-hybridized carbons (Fsp3) is 1.00. The predicted molar refractivity (Wildman–Crippen MR) is 71.7 cm³/mol. The molecule has 1 saturated heterocycles. The molecule has 0 aromatic heterocycles. The Balaban J connectivity index is 2.47. The summed E-state index contributed by atoms with van der Waals surface area (Å²) >= 11 is 0. The summed E-state index contributed by atoms with van der Waals surface area (Å²) in [5.74, 6) is 1.55. The van der Waals surface area contributed by atoms with Gasteiger partial charge in [-0.05, 0) is 31.6 Å². The molecule has 2 nitrogen and oxygen atoms in total. The molecular weight excluding hydrogens is 196 g/mol. The maximum Gasteiger partial charge on any atom is 0.0221 e. The third kappa shape index (κ3) is 4.84. The highest BCUT2D eigenvalue weighted by molar-refractivity contribution is 4.82. The maximum absolute atomic E-state index is 3.62. The Morgan fingerprint density at radius 3 is 2.00 bits per heavy atom. The number of nitrogens with zero attached hydrogens (tertiary/aromatic N) is 1. The molecule has 2 atom stereocenters. The zero-order valence-corrected chi connectivity index (χ0v) is 11.8. The molecule has 2 unspecified atom stereocenters. The van der Waals surface area contributed by atoms with Crippen LogP contribution in [0.4, 0.5) is 0 Å². The molecule has 1 aliphatic rings. The summed E-state index contributed by atoms with van der Waals surface area (Å²) in [7, 11) is 0. The van der Waals surface area contributed by atoms with Crippen LogP contribution in [0.5, 0.6) is 0 Å². The quantitative estimate of drug-likeness (QED) is 0.775. The van der Waals surface area contributed by atoms with Crippen LogP contribution in [0.25, 0.3) is 0 Å². The van der Waals surface area contributed by atoms with E-state index in [2.05, 4.69) is 44.8 Å². The summed E-state index contributed by atoms with van der Waals surface area (Å²) in [4.78, 5) is 2.70. The van der Waals surface area contributed by atoms with E-state index in [-0.39, 0.29) is 0 Å². The van der Waals surface area contributed by atoms with Crippen molar-refractivity contribution in [3.63, 3.8) is 0 Å². The van der Waals surface area contributed by atoms with E-state index >= 15 is 0 Å². The topological polar surface area (TPSA) is 15.3 Å². The fourth-order valence-electron chi connectivity index (χ4n) is 2.61. The molecule has 0 aromatic rings. The van der Waals surface area contributed by atoms with Crippen molar-refractivity contribution in [1.82, 2.24) is 10.2 Å². The molecule has 96 valence electrons.